The first-order valence-corrected chi connectivity index (χ1v) is 10.9. The summed E-state index contributed by atoms with van der Waals surface area (Å²) in [4.78, 5) is 26.9. The number of rotatable bonds is 7. The van der Waals surface area contributed by atoms with E-state index in [0.29, 0.717) is 16.9 Å². The van der Waals surface area contributed by atoms with Crippen LogP contribution in [-0.2, 0) is 9.53 Å². The molecule has 0 unspecified atom stereocenters. The number of benzene rings is 3. The Balaban J connectivity index is 1.57. The predicted molar refractivity (Wildman–Crippen MR) is 134 cm³/mol. The van der Waals surface area contributed by atoms with Gasteiger partial charge in [0.25, 0.3) is 5.91 Å². The van der Waals surface area contributed by atoms with E-state index in [1.807, 2.05) is 85.7 Å². The van der Waals surface area contributed by atoms with E-state index in [-0.39, 0.29) is 11.4 Å². The van der Waals surface area contributed by atoms with Crippen molar-refractivity contribution in [2.45, 2.75) is 0 Å². The summed E-state index contributed by atoms with van der Waals surface area (Å²) in [5.74, 6) is -0.785. The molecule has 0 saturated carbocycles. The molecule has 0 aliphatic rings. The van der Waals surface area contributed by atoms with E-state index in [1.165, 1.54) is 0 Å². The lowest BCUT2D eigenvalue weighted by molar-refractivity contribution is -0.119. The molecule has 0 spiro atoms. The van der Waals surface area contributed by atoms with Gasteiger partial charge in [0, 0.05) is 30.9 Å². The van der Waals surface area contributed by atoms with Gasteiger partial charge >= 0.3 is 5.97 Å². The van der Waals surface area contributed by atoms with Crippen molar-refractivity contribution in [3.63, 3.8) is 0 Å². The molecule has 174 valence electrons. The highest BCUT2D eigenvalue weighted by molar-refractivity contribution is 5.98. The normalized spacial score (nSPS) is 10.3. The first-order valence-electron chi connectivity index (χ1n) is 10.9. The maximum atomic E-state index is 12.6. The van der Waals surface area contributed by atoms with Crippen molar-refractivity contribution in [1.82, 2.24) is 0 Å². The summed E-state index contributed by atoms with van der Waals surface area (Å²) >= 11 is 0. The van der Waals surface area contributed by atoms with Crippen molar-refractivity contribution in [1.29, 1.82) is 5.26 Å². The summed E-state index contributed by atoms with van der Waals surface area (Å²) in [6, 6.07) is 27.7. The van der Waals surface area contributed by atoms with E-state index in [4.69, 9.17) is 9.15 Å². The molecule has 4 rings (SSSR count). The highest BCUT2D eigenvalue weighted by Crippen LogP contribution is 2.41. The van der Waals surface area contributed by atoms with Crippen LogP contribution in [0.15, 0.2) is 89.3 Å². The summed E-state index contributed by atoms with van der Waals surface area (Å²) in [6.45, 7) is -0.530. The summed E-state index contributed by atoms with van der Waals surface area (Å²) in [5, 5.41) is 12.5. The molecule has 7 nitrogen and oxygen atoms in total. The first-order chi connectivity index (χ1) is 17.0. The van der Waals surface area contributed by atoms with Crippen LogP contribution in [0.25, 0.3) is 22.5 Å². The van der Waals surface area contributed by atoms with Gasteiger partial charge in [0.15, 0.2) is 6.61 Å². The van der Waals surface area contributed by atoms with Crippen molar-refractivity contribution in [2.24, 2.45) is 0 Å². The highest BCUT2D eigenvalue weighted by Gasteiger charge is 2.24. The molecule has 1 heterocycles. The van der Waals surface area contributed by atoms with Crippen molar-refractivity contribution in [3.8, 4) is 28.5 Å². The second-order valence-electron chi connectivity index (χ2n) is 7.92. The van der Waals surface area contributed by atoms with Crippen molar-refractivity contribution < 1.29 is 18.7 Å². The third-order valence-electron chi connectivity index (χ3n) is 5.30. The lowest BCUT2D eigenvalue weighted by atomic mass is 9.98. The van der Waals surface area contributed by atoms with E-state index in [2.05, 4.69) is 11.4 Å². The standard InChI is InChI=1S/C28H23N3O4/c1-31(2)22-15-9-14-21(16-22)28(33)34-18-24(32)30-27-23(17-29)25(19-10-5-3-6-11-19)26(35-27)20-12-7-4-8-13-20/h3-16H,18H2,1-2H3,(H,30,32). The van der Waals surface area contributed by atoms with Crippen molar-refractivity contribution in [3.05, 3.63) is 96.1 Å². The Morgan fingerprint density at radius 3 is 2.23 bits per heavy atom. The van der Waals surface area contributed by atoms with Gasteiger partial charge in [0.1, 0.15) is 17.4 Å². The molecule has 0 saturated heterocycles. The Morgan fingerprint density at radius 2 is 1.60 bits per heavy atom. The van der Waals surface area contributed by atoms with Crippen molar-refractivity contribution >= 4 is 23.4 Å². The van der Waals surface area contributed by atoms with Crippen molar-refractivity contribution in [2.75, 3.05) is 30.9 Å². The minimum absolute atomic E-state index is 0.000797. The summed E-state index contributed by atoms with van der Waals surface area (Å²) < 4.78 is 11.2. The quantitative estimate of drug-likeness (QED) is 0.370. The topological polar surface area (TPSA) is 95.6 Å². The largest absolute Gasteiger partial charge is 0.452 e. The number of ether oxygens (including phenoxy) is 1. The van der Waals surface area contributed by atoms with Crippen LogP contribution in [0.4, 0.5) is 11.6 Å². The fourth-order valence-electron chi connectivity index (χ4n) is 3.59. The van der Waals surface area contributed by atoms with Gasteiger partial charge in [-0.05, 0) is 23.8 Å². The SMILES string of the molecule is CN(C)c1cccc(C(=O)OCC(=O)Nc2oc(-c3ccccc3)c(-c3ccccc3)c2C#N)c1. The fraction of sp³-hybridized carbons (Fsp3) is 0.107. The lowest BCUT2D eigenvalue weighted by Crippen LogP contribution is -2.21. The van der Waals surface area contributed by atoms with Gasteiger partial charge in [0.05, 0.1) is 5.56 Å². The monoisotopic (exact) mass is 465 g/mol. The Morgan fingerprint density at radius 1 is 0.943 bits per heavy atom. The zero-order chi connectivity index (χ0) is 24.8. The van der Waals surface area contributed by atoms with E-state index in [9.17, 15) is 14.9 Å². The van der Waals surface area contributed by atoms with Gasteiger partial charge in [-0.2, -0.15) is 5.26 Å². The number of esters is 1. The Bertz CT molecular complexity index is 1390. The van der Waals surface area contributed by atoms with Crippen LogP contribution < -0.4 is 10.2 Å². The van der Waals surface area contributed by atoms with Gasteiger partial charge in [-0.25, -0.2) is 4.79 Å². The molecule has 1 aromatic heterocycles. The van der Waals surface area contributed by atoms with E-state index < -0.39 is 18.5 Å². The molecule has 0 bridgehead atoms. The maximum absolute atomic E-state index is 12.6. The number of carbonyl (C=O) groups excluding carboxylic acids is 2. The van der Waals surface area contributed by atoms with Crippen LogP contribution in [0.2, 0.25) is 0 Å². The lowest BCUT2D eigenvalue weighted by Gasteiger charge is -2.13. The Hall–Kier alpha value is -4.83. The maximum Gasteiger partial charge on any atom is 0.338 e. The Labute approximate surface area is 203 Å². The molecule has 35 heavy (non-hydrogen) atoms. The molecule has 0 aliphatic heterocycles. The van der Waals surface area contributed by atoms with Gasteiger partial charge in [-0.1, -0.05) is 66.7 Å². The molecule has 0 fully saturated rings. The second kappa shape index (κ2) is 10.4. The number of nitrogens with zero attached hydrogens (tertiary/aromatic N) is 2. The van der Waals surface area contributed by atoms with E-state index in [1.54, 1.807) is 18.2 Å². The average molecular weight is 466 g/mol. The predicted octanol–water partition coefficient (Wildman–Crippen LogP) is 5.35. The Kier molecular flexibility index (Phi) is 6.94. The fourth-order valence-corrected chi connectivity index (χ4v) is 3.59. The number of carbonyl (C=O) groups is 2. The molecular formula is C28H23N3O4. The first kappa shape index (κ1) is 23.3. The number of nitrogens with one attached hydrogen (secondary N) is 1. The average Bonchev–Trinajstić information content (AvgIpc) is 3.26. The zero-order valence-corrected chi connectivity index (χ0v) is 19.3. The van der Waals surface area contributed by atoms with Crippen LogP contribution in [0.5, 0.6) is 0 Å². The molecule has 7 heteroatoms. The smallest absolute Gasteiger partial charge is 0.338 e. The molecule has 1 N–H and O–H groups in total. The zero-order valence-electron chi connectivity index (χ0n) is 19.3. The summed E-state index contributed by atoms with van der Waals surface area (Å²) in [6.07, 6.45) is 0. The van der Waals surface area contributed by atoms with Gasteiger partial charge in [0.2, 0.25) is 5.88 Å². The number of furan rings is 1. The van der Waals surface area contributed by atoms with Crippen LogP contribution in [0.3, 0.4) is 0 Å². The molecular weight excluding hydrogens is 442 g/mol. The number of nitriles is 1. The molecule has 3 aromatic carbocycles. The third kappa shape index (κ3) is 5.23. The number of anilines is 2. The minimum atomic E-state index is -0.626. The van der Waals surface area contributed by atoms with E-state index in [0.717, 1.165) is 16.8 Å². The van der Waals surface area contributed by atoms with Gasteiger partial charge in [-0.15, -0.1) is 0 Å². The molecule has 4 aromatic rings. The van der Waals surface area contributed by atoms with Gasteiger partial charge in [-0.3, -0.25) is 10.1 Å². The van der Waals surface area contributed by atoms with E-state index >= 15 is 0 Å². The summed E-state index contributed by atoms with van der Waals surface area (Å²) in [7, 11) is 3.73. The second-order valence-corrected chi connectivity index (χ2v) is 7.92. The van der Waals surface area contributed by atoms with Crippen LogP contribution in [-0.4, -0.2) is 32.6 Å². The molecule has 0 radical (unpaired) electrons. The number of hydrogen-bond donors (Lipinski definition) is 1. The third-order valence-corrected chi connectivity index (χ3v) is 5.30. The summed E-state index contributed by atoms with van der Waals surface area (Å²) in [5.41, 5.74) is 3.47. The number of hydrogen-bond acceptors (Lipinski definition) is 6. The van der Waals surface area contributed by atoms with Crippen LogP contribution >= 0.6 is 0 Å². The minimum Gasteiger partial charge on any atom is -0.452 e. The van der Waals surface area contributed by atoms with Crippen LogP contribution in [0.1, 0.15) is 15.9 Å². The number of amides is 1. The molecule has 0 aliphatic carbocycles. The molecule has 1 amide bonds. The van der Waals surface area contributed by atoms with Gasteiger partial charge < -0.3 is 14.1 Å². The van der Waals surface area contributed by atoms with Crippen LogP contribution in [0, 0.1) is 11.3 Å². The highest BCUT2D eigenvalue weighted by atomic mass is 16.5. The molecule has 0 atom stereocenters.